The van der Waals surface area contributed by atoms with Gasteiger partial charge in [0.15, 0.2) is 0 Å². The molecule has 1 fully saturated rings. The van der Waals surface area contributed by atoms with Crippen molar-refractivity contribution >= 4 is 34.9 Å². The number of nitrogens with zero attached hydrogens (tertiary/aromatic N) is 1. The molecule has 7 heteroatoms. The van der Waals surface area contributed by atoms with Crippen LogP contribution in [0.1, 0.15) is 6.92 Å². The molecule has 1 N–H and O–H groups in total. The monoisotopic (exact) mass is 314 g/mol. The van der Waals surface area contributed by atoms with Crippen LogP contribution in [0.5, 0.6) is 5.75 Å². The lowest BCUT2D eigenvalue weighted by Gasteiger charge is -2.21. The normalized spacial score (nSPS) is 18.6. The Hall–Kier alpha value is -1.08. The van der Waals surface area contributed by atoms with Gasteiger partial charge in [-0.2, -0.15) is 23.5 Å². The molecule has 0 radical (unpaired) electrons. The van der Waals surface area contributed by atoms with Crippen LogP contribution in [0, 0.1) is 10.1 Å². The van der Waals surface area contributed by atoms with Crippen molar-refractivity contribution in [1.82, 2.24) is 0 Å². The molecule has 110 valence electrons. The SMILES string of the molecule is CCOc1cc(NCC2CSCCS2)cc([N+](=O)[O-])c1. The lowest BCUT2D eigenvalue weighted by Crippen LogP contribution is -2.23. The zero-order chi connectivity index (χ0) is 14.4. The molecule has 0 saturated carbocycles. The van der Waals surface area contributed by atoms with Crippen molar-refractivity contribution in [3.63, 3.8) is 0 Å². The summed E-state index contributed by atoms with van der Waals surface area (Å²) in [6.07, 6.45) is 0. The topological polar surface area (TPSA) is 64.4 Å². The summed E-state index contributed by atoms with van der Waals surface area (Å²) >= 11 is 3.92. The third-order valence-corrected chi connectivity index (χ3v) is 5.68. The van der Waals surface area contributed by atoms with Crippen LogP contribution in [0.15, 0.2) is 18.2 Å². The maximum absolute atomic E-state index is 10.9. The number of nitro benzene ring substituents is 1. The molecular formula is C13H18N2O3S2. The average molecular weight is 314 g/mol. The van der Waals surface area contributed by atoms with Gasteiger partial charge in [-0.25, -0.2) is 0 Å². The molecule has 5 nitrogen and oxygen atoms in total. The van der Waals surface area contributed by atoms with E-state index in [2.05, 4.69) is 5.32 Å². The quantitative estimate of drug-likeness (QED) is 0.642. The van der Waals surface area contributed by atoms with E-state index in [9.17, 15) is 10.1 Å². The van der Waals surface area contributed by atoms with Crippen LogP contribution in [0.3, 0.4) is 0 Å². The summed E-state index contributed by atoms with van der Waals surface area (Å²) < 4.78 is 5.38. The molecule has 0 spiro atoms. The smallest absolute Gasteiger partial charge is 0.275 e. The van der Waals surface area contributed by atoms with Gasteiger partial charge in [-0.05, 0) is 6.92 Å². The molecule has 1 aliphatic rings. The highest BCUT2D eigenvalue weighted by Gasteiger charge is 2.15. The summed E-state index contributed by atoms with van der Waals surface area (Å²) in [6.45, 7) is 3.18. The number of hydrogen-bond acceptors (Lipinski definition) is 6. The minimum absolute atomic E-state index is 0.0594. The lowest BCUT2D eigenvalue weighted by molar-refractivity contribution is -0.384. The Morgan fingerprint density at radius 1 is 1.45 bits per heavy atom. The Balaban J connectivity index is 2.03. The van der Waals surface area contributed by atoms with Crippen molar-refractivity contribution < 1.29 is 9.66 Å². The van der Waals surface area contributed by atoms with Crippen molar-refractivity contribution in [2.45, 2.75) is 12.2 Å². The van der Waals surface area contributed by atoms with Crippen LogP contribution < -0.4 is 10.1 Å². The lowest BCUT2D eigenvalue weighted by atomic mass is 10.2. The minimum atomic E-state index is -0.390. The van der Waals surface area contributed by atoms with Gasteiger partial charge in [0.05, 0.1) is 17.6 Å². The second-order valence-corrected chi connectivity index (χ2v) is 6.91. The first-order chi connectivity index (χ1) is 9.69. The van der Waals surface area contributed by atoms with Gasteiger partial charge in [-0.3, -0.25) is 10.1 Å². The molecule has 1 unspecified atom stereocenters. The summed E-state index contributed by atoms with van der Waals surface area (Å²) in [4.78, 5) is 10.5. The number of non-ortho nitro benzene ring substituents is 1. The first-order valence-electron chi connectivity index (χ1n) is 6.54. The Kier molecular flexibility index (Phi) is 5.85. The zero-order valence-electron chi connectivity index (χ0n) is 11.3. The maximum Gasteiger partial charge on any atom is 0.275 e. The third-order valence-electron chi connectivity index (χ3n) is 2.83. The minimum Gasteiger partial charge on any atom is -0.494 e. The van der Waals surface area contributed by atoms with Gasteiger partial charge in [-0.1, -0.05) is 0 Å². The Labute approximate surface area is 127 Å². The molecule has 2 rings (SSSR count). The fourth-order valence-electron chi connectivity index (χ4n) is 1.93. The maximum atomic E-state index is 10.9. The summed E-state index contributed by atoms with van der Waals surface area (Å²) in [6, 6.07) is 4.83. The summed E-state index contributed by atoms with van der Waals surface area (Å²) in [7, 11) is 0. The van der Waals surface area contributed by atoms with Gasteiger partial charge < -0.3 is 10.1 Å². The highest BCUT2D eigenvalue weighted by atomic mass is 32.2. The van der Waals surface area contributed by atoms with Crippen LogP contribution in [0.2, 0.25) is 0 Å². The number of hydrogen-bond donors (Lipinski definition) is 1. The molecule has 1 saturated heterocycles. The van der Waals surface area contributed by atoms with E-state index in [4.69, 9.17) is 4.74 Å². The predicted octanol–water partition coefficient (Wildman–Crippen LogP) is 3.25. The summed E-state index contributed by atoms with van der Waals surface area (Å²) in [5.41, 5.74) is 0.808. The van der Waals surface area contributed by atoms with Crippen molar-refractivity contribution in [2.75, 3.05) is 35.7 Å². The number of anilines is 1. The second kappa shape index (κ2) is 7.64. The van der Waals surface area contributed by atoms with Crippen LogP contribution in [0.25, 0.3) is 0 Å². The van der Waals surface area contributed by atoms with E-state index in [1.807, 2.05) is 36.5 Å². The van der Waals surface area contributed by atoms with E-state index in [0.29, 0.717) is 17.6 Å². The van der Waals surface area contributed by atoms with Gasteiger partial charge in [0, 0.05) is 46.9 Å². The molecular weight excluding hydrogens is 296 g/mol. The largest absolute Gasteiger partial charge is 0.494 e. The fraction of sp³-hybridized carbons (Fsp3) is 0.538. The predicted molar refractivity (Wildman–Crippen MR) is 86.3 cm³/mol. The van der Waals surface area contributed by atoms with Crippen molar-refractivity contribution in [3.8, 4) is 5.75 Å². The number of nitrogens with one attached hydrogen (secondary N) is 1. The van der Waals surface area contributed by atoms with E-state index in [-0.39, 0.29) is 10.6 Å². The number of rotatable bonds is 6. The number of benzene rings is 1. The molecule has 0 amide bonds. The highest BCUT2D eigenvalue weighted by Crippen LogP contribution is 2.28. The van der Waals surface area contributed by atoms with Crippen molar-refractivity contribution in [2.24, 2.45) is 0 Å². The van der Waals surface area contributed by atoms with Crippen LogP contribution in [0.4, 0.5) is 11.4 Å². The summed E-state index contributed by atoms with van der Waals surface area (Å²) in [5, 5.41) is 14.8. The molecule has 1 aromatic rings. The van der Waals surface area contributed by atoms with Gasteiger partial charge in [0.2, 0.25) is 0 Å². The molecule has 0 aliphatic carbocycles. The van der Waals surface area contributed by atoms with Gasteiger partial charge in [0.25, 0.3) is 5.69 Å². The van der Waals surface area contributed by atoms with Crippen molar-refractivity contribution in [3.05, 3.63) is 28.3 Å². The Bertz CT molecular complexity index is 465. The van der Waals surface area contributed by atoms with E-state index in [0.717, 1.165) is 18.0 Å². The number of nitro groups is 1. The fourth-order valence-corrected chi connectivity index (χ4v) is 4.54. The molecule has 1 aliphatic heterocycles. The molecule has 1 aromatic carbocycles. The van der Waals surface area contributed by atoms with E-state index >= 15 is 0 Å². The number of thioether (sulfide) groups is 2. The molecule has 0 bridgehead atoms. The number of ether oxygens (including phenoxy) is 1. The van der Waals surface area contributed by atoms with Gasteiger partial charge >= 0.3 is 0 Å². The Morgan fingerprint density at radius 3 is 2.95 bits per heavy atom. The third kappa shape index (κ3) is 4.49. The first-order valence-corrected chi connectivity index (χ1v) is 8.75. The molecule has 20 heavy (non-hydrogen) atoms. The van der Waals surface area contributed by atoms with Gasteiger partial charge in [0.1, 0.15) is 5.75 Å². The van der Waals surface area contributed by atoms with Crippen LogP contribution in [-0.4, -0.2) is 40.6 Å². The average Bonchev–Trinajstić information content (AvgIpc) is 2.46. The summed E-state index contributed by atoms with van der Waals surface area (Å²) in [5.74, 6) is 4.06. The molecule has 1 heterocycles. The van der Waals surface area contributed by atoms with E-state index in [1.54, 1.807) is 6.07 Å². The van der Waals surface area contributed by atoms with Crippen molar-refractivity contribution in [1.29, 1.82) is 0 Å². The van der Waals surface area contributed by atoms with E-state index < -0.39 is 0 Å². The molecule has 1 atom stereocenters. The first kappa shape index (κ1) is 15.3. The van der Waals surface area contributed by atoms with Gasteiger partial charge in [-0.15, -0.1) is 0 Å². The second-order valence-electron chi connectivity index (χ2n) is 4.35. The standard InChI is InChI=1S/C13H18N2O3S2/c1-2-18-12-6-10(5-11(7-12)15(16)17)14-8-13-9-19-3-4-20-13/h5-7,13-14H,2-4,8-9H2,1H3. The Morgan fingerprint density at radius 2 is 2.30 bits per heavy atom. The molecule has 0 aromatic heterocycles. The van der Waals surface area contributed by atoms with E-state index in [1.165, 1.54) is 17.6 Å². The van der Waals surface area contributed by atoms with Crippen LogP contribution >= 0.6 is 23.5 Å². The highest BCUT2D eigenvalue weighted by molar-refractivity contribution is 8.06. The zero-order valence-corrected chi connectivity index (χ0v) is 13.0. The van der Waals surface area contributed by atoms with Crippen LogP contribution in [-0.2, 0) is 0 Å².